The van der Waals surface area contributed by atoms with Crippen LogP contribution in [0.3, 0.4) is 0 Å². The molecule has 0 unspecified atom stereocenters. The summed E-state index contributed by atoms with van der Waals surface area (Å²) in [6.45, 7) is -0.0578. The topological polar surface area (TPSA) is 64.9 Å². The summed E-state index contributed by atoms with van der Waals surface area (Å²) in [5, 5.41) is 14.0. The maximum atomic E-state index is 13.6. The number of nitrogens with one attached hydrogen (secondary N) is 2. The molecule has 5 heteroatoms. The number of rotatable bonds is 4. The summed E-state index contributed by atoms with van der Waals surface area (Å²) >= 11 is 0. The molecule has 1 amide bonds. The first-order valence-electron chi connectivity index (χ1n) is 5.97. The first-order chi connectivity index (χ1) is 9.69. The minimum absolute atomic E-state index is 0.0578. The Labute approximate surface area is 115 Å². The van der Waals surface area contributed by atoms with Crippen molar-refractivity contribution >= 4 is 17.3 Å². The summed E-state index contributed by atoms with van der Waals surface area (Å²) in [7, 11) is 0. The number of carbonyl (C=O) groups excluding carboxylic acids is 1. The SMILES string of the molecule is N#Cc1ccc(NCC(=O)Nc2ccccc2)c(F)c1. The van der Waals surface area contributed by atoms with Gasteiger partial charge in [0.1, 0.15) is 5.82 Å². The van der Waals surface area contributed by atoms with Gasteiger partial charge in [0, 0.05) is 5.69 Å². The van der Waals surface area contributed by atoms with Crippen molar-refractivity contribution in [1.82, 2.24) is 0 Å². The van der Waals surface area contributed by atoms with E-state index in [4.69, 9.17) is 5.26 Å². The van der Waals surface area contributed by atoms with Crippen molar-refractivity contribution in [3.63, 3.8) is 0 Å². The zero-order valence-electron chi connectivity index (χ0n) is 10.6. The molecule has 2 aromatic rings. The predicted octanol–water partition coefficient (Wildman–Crippen LogP) is 2.75. The van der Waals surface area contributed by atoms with E-state index in [1.807, 2.05) is 24.3 Å². The highest BCUT2D eigenvalue weighted by Gasteiger charge is 2.06. The average molecular weight is 269 g/mol. The first kappa shape index (κ1) is 13.6. The lowest BCUT2D eigenvalue weighted by molar-refractivity contribution is -0.114. The smallest absolute Gasteiger partial charge is 0.243 e. The highest BCUT2D eigenvalue weighted by molar-refractivity contribution is 5.93. The fourth-order valence-corrected chi connectivity index (χ4v) is 1.63. The third-order valence-electron chi connectivity index (χ3n) is 2.60. The minimum Gasteiger partial charge on any atom is -0.374 e. The number of nitriles is 1. The number of amides is 1. The second kappa shape index (κ2) is 6.34. The molecule has 0 aliphatic carbocycles. The maximum absolute atomic E-state index is 13.6. The Balaban J connectivity index is 1.92. The molecule has 100 valence electrons. The lowest BCUT2D eigenvalue weighted by atomic mass is 10.2. The number of nitrogens with zero attached hydrogens (tertiary/aromatic N) is 1. The van der Waals surface area contributed by atoms with Crippen LogP contribution in [0.4, 0.5) is 15.8 Å². The summed E-state index contributed by atoms with van der Waals surface area (Å²) in [5.41, 5.74) is 1.11. The van der Waals surface area contributed by atoms with E-state index in [9.17, 15) is 9.18 Å². The molecule has 0 fully saturated rings. The summed E-state index contributed by atoms with van der Waals surface area (Å²) in [5.74, 6) is -0.837. The molecule has 2 N–H and O–H groups in total. The molecule has 0 saturated carbocycles. The number of halogens is 1. The maximum Gasteiger partial charge on any atom is 0.243 e. The van der Waals surface area contributed by atoms with Crippen LogP contribution in [0.15, 0.2) is 48.5 Å². The van der Waals surface area contributed by atoms with E-state index >= 15 is 0 Å². The number of carbonyl (C=O) groups is 1. The number of para-hydroxylation sites is 1. The zero-order chi connectivity index (χ0) is 14.4. The van der Waals surface area contributed by atoms with Gasteiger partial charge in [0.15, 0.2) is 0 Å². The molecule has 4 nitrogen and oxygen atoms in total. The van der Waals surface area contributed by atoms with Gasteiger partial charge in [-0.1, -0.05) is 18.2 Å². The van der Waals surface area contributed by atoms with Crippen molar-refractivity contribution in [2.45, 2.75) is 0 Å². The lowest BCUT2D eigenvalue weighted by Crippen LogP contribution is -2.22. The van der Waals surface area contributed by atoms with Crippen LogP contribution in [0.1, 0.15) is 5.56 Å². The van der Waals surface area contributed by atoms with Crippen LogP contribution >= 0.6 is 0 Å². The molecular weight excluding hydrogens is 257 g/mol. The van der Waals surface area contributed by atoms with E-state index in [2.05, 4.69) is 10.6 Å². The molecular formula is C15H12FN3O. The molecule has 0 spiro atoms. The van der Waals surface area contributed by atoms with Crippen molar-refractivity contribution < 1.29 is 9.18 Å². The van der Waals surface area contributed by atoms with Gasteiger partial charge in [-0.15, -0.1) is 0 Å². The van der Waals surface area contributed by atoms with Crippen LogP contribution in [0, 0.1) is 17.1 Å². The summed E-state index contributed by atoms with van der Waals surface area (Å²) < 4.78 is 13.6. The van der Waals surface area contributed by atoms with Crippen LogP contribution in [0.2, 0.25) is 0 Å². The molecule has 0 atom stereocenters. The predicted molar refractivity (Wildman–Crippen MR) is 74.7 cm³/mol. The van der Waals surface area contributed by atoms with Crippen molar-refractivity contribution in [2.24, 2.45) is 0 Å². The van der Waals surface area contributed by atoms with Gasteiger partial charge >= 0.3 is 0 Å². The standard InChI is InChI=1S/C15H12FN3O/c16-13-8-11(9-17)6-7-14(13)18-10-15(20)19-12-4-2-1-3-5-12/h1-8,18H,10H2,(H,19,20). The Kier molecular flexibility index (Phi) is 4.30. The number of anilines is 2. The Bertz CT molecular complexity index is 650. The molecule has 0 aromatic heterocycles. The Hall–Kier alpha value is -2.87. The monoisotopic (exact) mass is 269 g/mol. The molecule has 0 radical (unpaired) electrons. The molecule has 0 aliphatic heterocycles. The number of benzene rings is 2. The van der Waals surface area contributed by atoms with Gasteiger partial charge in [-0.05, 0) is 30.3 Å². The highest BCUT2D eigenvalue weighted by Crippen LogP contribution is 2.15. The number of hydrogen-bond donors (Lipinski definition) is 2. The summed E-state index contributed by atoms with van der Waals surface area (Å²) in [4.78, 5) is 11.7. The Morgan fingerprint density at radius 3 is 2.60 bits per heavy atom. The normalized spacial score (nSPS) is 9.60. The fraction of sp³-hybridized carbons (Fsp3) is 0.0667. The number of hydrogen-bond acceptors (Lipinski definition) is 3. The van der Waals surface area contributed by atoms with Gasteiger partial charge < -0.3 is 10.6 Å². The third-order valence-corrected chi connectivity index (χ3v) is 2.60. The Morgan fingerprint density at radius 2 is 1.95 bits per heavy atom. The van der Waals surface area contributed by atoms with Crippen molar-refractivity contribution in [3.05, 3.63) is 59.9 Å². The van der Waals surface area contributed by atoms with E-state index in [0.717, 1.165) is 6.07 Å². The second-order valence-electron chi connectivity index (χ2n) is 4.07. The Morgan fingerprint density at radius 1 is 1.20 bits per heavy atom. The van der Waals surface area contributed by atoms with Crippen LogP contribution in [-0.2, 0) is 4.79 Å². The van der Waals surface area contributed by atoms with Crippen LogP contribution in [-0.4, -0.2) is 12.5 Å². The molecule has 0 bridgehead atoms. The molecule has 0 aliphatic rings. The molecule has 20 heavy (non-hydrogen) atoms. The van der Waals surface area contributed by atoms with Gasteiger partial charge in [-0.2, -0.15) is 5.26 Å². The van der Waals surface area contributed by atoms with Gasteiger partial charge in [0.25, 0.3) is 0 Å². The zero-order valence-corrected chi connectivity index (χ0v) is 10.6. The van der Waals surface area contributed by atoms with Crippen molar-refractivity contribution in [2.75, 3.05) is 17.2 Å². The molecule has 0 heterocycles. The van der Waals surface area contributed by atoms with Crippen LogP contribution < -0.4 is 10.6 Å². The van der Waals surface area contributed by atoms with E-state index in [-0.39, 0.29) is 23.7 Å². The average Bonchev–Trinajstić information content (AvgIpc) is 2.47. The summed E-state index contributed by atoms with van der Waals surface area (Å²) in [6, 6.07) is 14.9. The van der Waals surface area contributed by atoms with E-state index in [0.29, 0.717) is 5.69 Å². The quantitative estimate of drug-likeness (QED) is 0.897. The van der Waals surface area contributed by atoms with E-state index in [1.165, 1.54) is 12.1 Å². The van der Waals surface area contributed by atoms with Gasteiger partial charge in [-0.3, -0.25) is 4.79 Å². The van der Waals surface area contributed by atoms with Crippen molar-refractivity contribution in [1.29, 1.82) is 5.26 Å². The van der Waals surface area contributed by atoms with E-state index in [1.54, 1.807) is 12.1 Å². The lowest BCUT2D eigenvalue weighted by Gasteiger charge is -2.08. The van der Waals surface area contributed by atoms with Crippen LogP contribution in [0.5, 0.6) is 0 Å². The van der Waals surface area contributed by atoms with Crippen LogP contribution in [0.25, 0.3) is 0 Å². The first-order valence-corrected chi connectivity index (χ1v) is 5.97. The molecule has 0 saturated heterocycles. The van der Waals surface area contributed by atoms with Gasteiger partial charge in [0.2, 0.25) is 5.91 Å². The second-order valence-corrected chi connectivity index (χ2v) is 4.07. The third kappa shape index (κ3) is 3.56. The van der Waals surface area contributed by atoms with Crippen molar-refractivity contribution in [3.8, 4) is 6.07 Å². The molecule has 2 rings (SSSR count). The van der Waals surface area contributed by atoms with Gasteiger partial charge in [0.05, 0.1) is 23.9 Å². The van der Waals surface area contributed by atoms with Gasteiger partial charge in [-0.25, -0.2) is 4.39 Å². The minimum atomic E-state index is -0.559. The largest absolute Gasteiger partial charge is 0.374 e. The summed E-state index contributed by atoms with van der Waals surface area (Å²) in [6.07, 6.45) is 0. The molecule has 2 aromatic carbocycles. The van der Waals surface area contributed by atoms with E-state index < -0.39 is 5.82 Å². The highest BCUT2D eigenvalue weighted by atomic mass is 19.1. The fourth-order valence-electron chi connectivity index (χ4n) is 1.63.